The zero-order valence-electron chi connectivity index (χ0n) is 52.9. The number of unbranched alkanes of at least 4 members (excludes halogenated alkanes) is 1. The molecule has 0 radical (unpaired) electrons. The summed E-state index contributed by atoms with van der Waals surface area (Å²) in [4.78, 5) is 103. The van der Waals surface area contributed by atoms with E-state index in [-0.39, 0.29) is 35.8 Å². The third-order valence-electron chi connectivity index (χ3n) is 19.9. The number of piperidine rings is 4. The van der Waals surface area contributed by atoms with E-state index in [1.807, 2.05) is 35.1 Å². The Morgan fingerprint density at radius 1 is 0.785 bits per heavy atom. The van der Waals surface area contributed by atoms with Crippen LogP contribution < -0.4 is 31.5 Å². The first-order chi connectivity index (χ1) is 44.7. The van der Waals surface area contributed by atoms with Crippen LogP contribution in [0.2, 0.25) is 0 Å². The van der Waals surface area contributed by atoms with Crippen molar-refractivity contribution in [3.63, 3.8) is 0 Å². The molecule has 0 spiro atoms. The van der Waals surface area contributed by atoms with Crippen LogP contribution in [0.1, 0.15) is 187 Å². The molecule has 93 heavy (non-hydrogen) atoms. The van der Waals surface area contributed by atoms with Crippen LogP contribution in [0.4, 0.5) is 41.9 Å². The van der Waals surface area contributed by atoms with E-state index >= 15 is 0 Å². The van der Waals surface area contributed by atoms with E-state index in [0.717, 1.165) is 170 Å². The van der Waals surface area contributed by atoms with Gasteiger partial charge < -0.3 is 41.1 Å². The topological polar surface area (TPSA) is 257 Å². The molecule has 0 bridgehead atoms. The highest BCUT2D eigenvalue weighted by Crippen LogP contribution is 2.40. The van der Waals surface area contributed by atoms with Gasteiger partial charge in [-0.3, -0.25) is 43.7 Å². The van der Waals surface area contributed by atoms with Crippen LogP contribution in [0.15, 0.2) is 85.2 Å². The molecule has 6 aromatic rings. The Hall–Kier alpha value is -8.35. The summed E-state index contributed by atoms with van der Waals surface area (Å²) in [5.41, 5.74) is 7.47. The lowest BCUT2D eigenvalue weighted by Gasteiger charge is -2.37. The first-order valence-electron chi connectivity index (χ1n) is 33.1. The molecule has 3 aromatic carbocycles. The number of likely N-dealkylation sites (tertiary alicyclic amines) is 2. The molecule has 5 aliphatic heterocycles. The van der Waals surface area contributed by atoms with Crippen molar-refractivity contribution >= 4 is 75.0 Å². The summed E-state index contributed by atoms with van der Waals surface area (Å²) in [5, 5.41) is 25.1. The zero-order chi connectivity index (χ0) is 65.1. The van der Waals surface area contributed by atoms with Crippen LogP contribution in [-0.4, -0.2) is 151 Å². The molecule has 3 aromatic heterocycles. The molecule has 21 nitrogen and oxygen atoms in total. The number of halogens is 3. The zero-order valence-corrected chi connectivity index (χ0v) is 52.9. The van der Waals surface area contributed by atoms with Gasteiger partial charge in [-0.25, -0.2) is 15.0 Å². The average molecular weight is 1280 g/mol. The van der Waals surface area contributed by atoms with Crippen molar-refractivity contribution in [3.8, 4) is 0 Å². The van der Waals surface area contributed by atoms with E-state index < -0.39 is 64.7 Å². The summed E-state index contributed by atoms with van der Waals surface area (Å²) >= 11 is 0. The van der Waals surface area contributed by atoms with E-state index in [9.17, 15) is 47.0 Å². The van der Waals surface area contributed by atoms with Crippen molar-refractivity contribution in [2.45, 2.75) is 146 Å². The number of alkyl halides is 3. The number of imide groups is 2. The van der Waals surface area contributed by atoms with Crippen molar-refractivity contribution in [2.24, 2.45) is 17.6 Å². The monoisotopic (exact) mass is 1280 g/mol. The van der Waals surface area contributed by atoms with Gasteiger partial charge in [-0.1, -0.05) is 24.3 Å². The molecule has 1 unspecified atom stereocenters. The second-order valence-corrected chi connectivity index (χ2v) is 26.7. The van der Waals surface area contributed by atoms with E-state index in [4.69, 9.17) is 15.8 Å². The first-order valence-corrected chi connectivity index (χ1v) is 33.1. The number of nitrogens with one attached hydrogen (secondary N) is 3. The highest BCUT2D eigenvalue weighted by atomic mass is 19.4. The molecule has 1 saturated carbocycles. The smallest absolute Gasteiger partial charge is 0.386 e. The van der Waals surface area contributed by atoms with Crippen LogP contribution in [-0.2, 0) is 21.4 Å². The van der Waals surface area contributed by atoms with Crippen LogP contribution in [0.5, 0.6) is 0 Å². The molecule has 1 aliphatic carbocycles. The Bertz CT molecular complexity index is 3750. The Balaban J connectivity index is 0.635. The second-order valence-electron chi connectivity index (χ2n) is 26.7. The molecule has 6 N–H and O–H groups in total. The number of carbonyl (C=O) groups excluding carboxylic acids is 6. The molecule has 4 saturated heterocycles. The van der Waals surface area contributed by atoms with Gasteiger partial charge in [-0.2, -0.15) is 18.3 Å². The number of rotatable bonds is 21. The van der Waals surface area contributed by atoms with Gasteiger partial charge in [0.1, 0.15) is 23.2 Å². The maximum Gasteiger partial charge on any atom is 0.433 e. The number of hydrogen-bond donors (Lipinski definition) is 5. The fourth-order valence-electron chi connectivity index (χ4n) is 14.7. The minimum atomic E-state index is -4.72. The molecule has 24 heteroatoms. The molecule has 492 valence electrons. The number of anilines is 5. The lowest BCUT2D eigenvalue weighted by atomic mass is 9.85. The summed E-state index contributed by atoms with van der Waals surface area (Å²) in [6.07, 6.45) is 13.1. The van der Waals surface area contributed by atoms with E-state index in [1.54, 1.807) is 38.2 Å². The minimum absolute atomic E-state index is 0.0450. The highest BCUT2D eigenvalue weighted by molar-refractivity contribution is 6.25. The van der Waals surface area contributed by atoms with Gasteiger partial charge in [0.15, 0.2) is 11.5 Å². The van der Waals surface area contributed by atoms with Gasteiger partial charge in [0, 0.05) is 67.7 Å². The van der Waals surface area contributed by atoms with Crippen LogP contribution in [0, 0.1) is 11.8 Å². The van der Waals surface area contributed by atoms with Crippen molar-refractivity contribution in [1.82, 2.24) is 44.7 Å². The molecular formula is C69H83F3N14O7. The van der Waals surface area contributed by atoms with Gasteiger partial charge in [-0.05, 0) is 215 Å². The molecule has 12 rings (SSSR count). The van der Waals surface area contributed by atoms with E-state index in [2.05, 4.69) is 57.7 Å². The predicted octanol–water partition coefficient (Wildman–Crippen LogP) is 9.95. The summed E-state index contributed by atoms with van der Waals surface area (Å²) < 4.78 is 42.2. The standard InChI is InChI=1S/C69H83F3N14O7/c1-68(2,93)51-39-53-47(38-54(51)77-64(89)52-11-9-13-57(76-52)69(70,71)72)42-85(80-53)49-20-14-44(15-21-49)41-82-33-24-43(25-34-82)26-37-83(55-12-8-10-50-60(55)67(92)86(66(50)91)56-22-23-59(87)79-65(56)90)30-7-6-29-81-35-27-46(28-36-81)45-16-18-48(19-17-45)75-63-61(62(73)88)74-40-58(78-63)84-31-4-3-5-32-84/h8-13,16-19,38-40,42-44,46,49,56,93H,3-7,14-15,20-37,41H2,1-2H3,(H2,73,88)(H,75,78)(H,77,89)(H,79,87,90). The Labute approximate surface area is 539 Å². The number of aromatic nitrogens is 5. The second kappa shape index (κ2) is 27.7. The molecule has 8 heterocycles. The fourth-order valence-corrected chi connectivity index (χ4v) is 14.7. The third kappa shape index (κ3) is 14.9. The SMILES string of the molecule is CC(C)(O)c1cc2nn(C3CCC(CN4CCC(CCN(CCCCN5CCC(c6ccc(Nc7nc(N8CCCCC8)cnc7C(N)=O)cc6)CC5)c5cccc6c5C(=O)N(C5CCC(=O)NC5=O)C6=O)CC4)CC3)cc2cc1NC(=O)c1cccc(C(F)(F)F)n1. The molecule has 6 amide bonds. The Kier molecular flexibility index (Phi) is 19.3. The Morgan fingerprint density at radius 3 is 2.23 bits per heavy atom. The number of nitrogens with two attached hydrogens (primary N) is 1. The quantitative estimate of drug-likeness (QED) is 0.0332. The van der Waals surface area contributed by atoms with Gasteiger partial charge >= 0.3 is 6.18 Å². The summed E-state index contributed by atoms with van der Waals surface area (Å²) in [6.45, 7) is 12.2. The number of hydrogen-bond acceptors (Lipinski definition) is 16. The Morgan fingerprint density at radius 2 is 1.52 bits per heavy atom. The number of benzene rings is 3. The van der Waals surface area contributed by atoms with Crippen LogP contribution in [0.25, 0.3) is 10.9 Å². The average Bonchev–Trinajstić information content (AvgIpc) is 1.63. The number of pyridine rings is 1. The normalized spacial score (nSPS) is 20.7. The third-order valence-corrected chi connectivity index (χ3v) is 19.9. The maximum atomic E-state index is 14.4. The molecular weight excluding hydrogens is 1190 g/mol. The van der Waals surface area contributed by atoms with Crippen molar-refractivity contribution in [2.75, 3.05) is 85.9 Å². The number of carbonyl (C=O) groups is 6. The van der Waals surface area contributed by atoms with Gasteiger partial charge in [-0.15, -0.1) is 0 Å². The molecule has 1 atom stereocenters. The van der Waals surface area contributed by atoms with Crippen molar-refractivity contribution < 1.29 is 47.0 Å². The number of primary amides is 1. The predicted molar refractivity (Wildman–Crippen MR) is 346 cm³/mol. The lowest BCUT2D eigenvalue weighted by molar-refractivity contribution is -0.141. The fraction of sp³-hybridized carbons (Fsp3) is 0.507. The summed E-state index contributed by atoms with van der Waals surface area (Å²) in [6, 6.07) is 19.4. The summed E-state index contributed by atoms with van der Waals surface area (Å²) in [5.74, 6) is -1.05. The van der Waals surface area contributed by atoms with Crippen molar-refractivity contribution in [3.05, 3.63) is 125 Å². The van der Waals surface area contributed by atoms with Crippen LogP contribution >= 0.6 is 0 Å². The van der Waals surface area contributed by atoms with E-state index in [1.165, 1.54) is 18.1 Å². The van der Waals surface area contributed by atoms with Crippen LogP contribution in [0.3, 0.4) is 0 Å². The van der Waals surface area contributed by atoms with Gasteiger partial charge in [0.25, 0.3) is 23.6 Å². The van der Waals surface area contributed by atoms with Gasteiger partial charge in [0.2, 0.25) is 11.8 Å². The lowest BCUT2D eigenvalue weighted by Crippen LogP contribution is -2.54. The molecule has 6 aliphatic rings. The summed E-state index contributed by atoms with van der Waals surface area (Å²) in [7, 11) is 0. The number of amides is 6. The minimum Gasteiger partial charge on any atom is -0.386 e. The van der Waals surface area contributed by atoms with Gasteiger partial charge in [0.05, 0.1) is 40.2 Å². The maximum absolute atomic E-state index is 14.4. The molecule has 5 fully saturated rings. The number of nitrogens with zero attached hydrogens (tertiary/aromatic N) is 10. The first kappa shape index (κ1) is 64.7. The number of aliphatic hydroxyl groups is 1. The highest BCUT2D eigenvalue weighted by Gasteiger charge is 2.46. The van der Waals surface area contributed by atoms with Crippen molar-refractivity contribution in [1.29, 1.82) is 0 Å². The van der Waals surface area contributed by atoms with E-state index in [0.29, 0.717) is 59.0 Å². The largest absolute Gasteiger partial charge is 0.433 e. The number of fused-ring (bicyclic) bond motifs is 2.